The van der Waals surface area contributed by atoms with Crippen molar-refractivity contribution in [3.05, 3.63) is 77.9 Å². The van der Waals surface area contributed by atoms with Crippen molar-refractivity contribution in [2.24, 2.45) is 0 Å². The van der Waals surface area contributed by atoms with Crippen molar-refractivity contribution in [3.63, 3.8) is 0 Å². The van der Waals surface area contributed by atoms with Crippen molar-refractivity contribution in [2.75, 3.05) is 41.7 Å². The maximum Gasteiger partial charge on any atom is 0.330 e. The molecule has 3 aromatic carbocycles. The van der Waals surface area contributed by atoms with Gasteiger partial charge in [-0.3, -0.25) is 19.2 Å². The molecule has 0 bridgehead atoms. The van der Waals surface area contributed by atoms with Gasteiger partial charge in [0.25, 0.3) is 0 Å². The van der Waals surface area contributed by atoms with Gasteiger partial charge in [0.2, 0.25) is 0 Å². The number of hydrogen-bond acceptors (Lipinski definition) is 17. The number of para-hydroxylation sites is 2. The van der Waals surface area contributed by atoms with E-state index >= 15 is 0 Å². The van der Waals surface area contributed by atoms with Crippen molar-refractivity contribution >= 4 is 35.9 Å². The molecular formula is C41H46O17. The zero-order valence-corrected chi connectivity index (χ0v) is 33.2. The summed E-state index contributed by atoms with van der Waals surface area (Å²) in [5, 5.41) is 0. The van der Waals surface area contributed by atoms with E-state index in [1.165, 1.54) is 74.4 Å². The Hall–Kier alpha value is -6.33. The fourth-order valence-corrected chi connectivity index (χ4v) is 5.79. The topological polar surface area (TPSA) is 196 Å². The quantitative estimate of drug-likeness (QED) is 0.0707. The Bertz CT molecular complexity index is 1940. The summed E-state index contributed by atoms with van der Waals surface area (Å²) >= 11 is 0. The highest BCUT2D eigenvalue weighted by Crippen LogP contribution is 2.39. The molecule has 17 nitrogen and oxygen atoms in total. The zero-order chi connectivity index (χ0) is 42.4. The molecule has 0 N–H and O–H groups in total. The van der Waals surface area contributed by atoms with Crippen molar-refractivity contribution in [1.82, 2.24) is 0 Å². The lowest BCUT2D eigenvalue weighted by molar-refractivity contribution is -0.181. The van der Waals surface area contributed by atoms with Crippen molar-refractivity contribution in [2.45, 2.75) is 64.5 Å². The Morgan fingerprint density at radius 1 is 0.655 bits per heavy atom. The van der Waals surface area contributed by atoms with E-state index in [-0.39, 0.29) is 36.2 Å². The lowest BCUT2D eigenvalue weighted by atomic mass is 10.0. The van der Waals surface area contributed by atoms with Gasteiger partial charge in [-0.2, -0.15) is 0 Å². The monoisotopic (exact) mass is 810 g/mol. The van der Waals surface area contributed by atoms with Gasteiger partial charge in [-0.05, 0) is 48.0 Å². The van der Waals surface area contributed by atoms with E-state index < -0.39 is 66.7 Å². The molecule has 0 saturated carbocycles. The summed E-state index contributed by atoms with van der Waals surface area (Å²) in [5.74, 6) is -1.57. The first-order valence-corrected chi connectivity index (χ1v) is 17.8. The van der Waals surface area contributed by atoms with Crippen LogP contribution in [0.4, 0.5) is 0 Å². The number of carbonyl (C=O) groups excluding carboxylic acids is 5. The number of ether oxygens (including phenoxy) is 12. The molecule has 1 aliphatic rings. The van der Waals surface area contributed by atoms with E-state index in [1.807, 2.05) is 0 Å². The Morgan fingerprint density at radius 2 is 1.28 bits per heavy atom. The lowest BCUT2D eigenvalue weighted by Gasteiger charge is -2.30. The minimum absolute atomic E-state index is 0.164. The molecule has 1 fully saturated rings. The predicted molar refractivity (Wildman–Crippen MR) is 201 cm³/mol. The Balaban J connectivity index is 1.61. The third kappa shape index (κ3) is 12.3. The molecule has 0 aliphatic carbocycles. The molecule has 1 saturated heterocycles. The van der Waals surface area contributed by atoms with Crippen LogP contribution in [0.15, 0.2) is 66.7 Å². The smallest absolute Gasteiger partial charge is 0.330 e. The Labute approximate surface area is 334 Å². The second-order valence-corrected chi connectivity index (χ2v) is 12.5. The number of benzene rings is 3. The van der Waals surface area contributed by atoms with Crippen molar-refractivity contribution in [1.29, 1.82) is 0 Å². The molecule has 1 heterocycles. The predicted octanol–water partition coefficient (Wildman–Crippen LogP) is 4.56. The maximum atomic E-state index is 12.8. The average molecular weight is 811 g/mol. The first-order chi connectivity index (χ1) is 27.8. The average Bonchev–Trinajstić information content (AvgIpc) is 3.51. The summed E-state index contributed by atoms with van der Waals surface area (Å²) < 4.78 is 67.3. The van der Waals surface area contributed by atoms with E-state index in [2.05, 4.69) is 0 Å². The van der Waals surface area contributed by atoms with E-state index in [1.54, 1.807) is 54.6 Å². The second kappa shape index (κ2) is 21.3. The fourth-order valence-electron chi connectivity index (χ4n) is 5.79. The second-order valence-electron chi connectivity index (χ2n) is 12.5. The van der Waals surface area contributed by atoms with Gasteiger partial charge in [-0.1, -0.05) is 24.3 Å². The molecule has 0 amide bonds. The van der Waals surface area contributed by atoms with E-state index in [4.69, 9.17) is 56.8 Å². The largest absolute Gasteiger partial charge is 0.493 e. The molecule has 4 rings (SSSR count). The van der Waals surface area contributed by atoms with Crippen LogP contribution in [0.5, 0.6) is 34.5 Å². The Kier molecular flexibility index (Phi) is 16.3. The number of rotatable bonds is 19. The molecule has 0 unspecified atom stereocenters. The summed E-state index contributed by atoms with van der Waals surface area (Å²) in [4.78, 5) is 60.1. The number of methoxy groups -OCH3 is 4. The fraction of sp³-hybridized carbons (Fsp3) is 0.390. The van der Waals surface area contributed by atoms with Gasteiger partial charge < -0.3 is 56.8 Å². The van der Waals surface area contributed by atoms with Gasteiger partial charge in [-0.25, -0.2) is 4.79 Å². The van der Waals surface area contributed by atoms with Gasteiger partial charge in [0, 0.05) is 46.4 Å². The molecule has 6 atom stereocenters. The van der Waals surface area contributed by atoms with Gasteiger partial charge in [0.05, 0.1) is 21.3 Å². The molecule has 312 valence electrons. The number of carbonyl (C=O) groups is 5. The Morgan fingerprint density at radius 3 is 1.90 bits per heavy atom. The molecular weight excluding hydrogens is 764 g/mol. The lowest BCUT2D eigenvalue weighted by Crippen LogP contribution is -2.41. The first-order valence-electron chi connectivity index (χ1n) is 17.8. The van der Waals surface area contributed by atoms with Crippen LogP contribution in [-0.4, -0.2) is 102 Å². The van der Waals surface area contributed by atoms with Crippen LogP contribution < -0.4 is 28.4 Å². The standard InChI is InChI=1S/C41H46O17/c1-23(42)51-21-35(56-30-12-10-9-11-29(30)47-5)38(28-15-17-31(53-24(2)43)34(20-28)49-7)57-32-16-13-27(19-33(32)48-6)14-18-37(46)52-22-36-39(54-25(3)44)40(55-26(4)45)41(50-8)58-36/h9-20,35-36,38-41H,21-22H2,1-8H3/b18-14+/t35-,36+,38-,39+,40-,41-/m1/s1. The maximum absolute atomic E-state index is 12.8. The highest BCUT2D eigenvalue weighted by molar-refractivity contribution is 5.87. The molecule has 3 aromatic rings. The SMILES string of the molecule is COc1cc([C@@H](Oc2ccc(/C=C/C(=O)OC[C@@H]3O[C@@H](OC)[C@H](OC(C)=O)[C@H]3OC(C)=O)cc2OC)[C@@H](COC(C)=O)Oc2ccccc2OC)ccc1OC(C)=O. The van der Waals surface area contributed by atoms with E-state index in [9.17, 15) is 24.0 Å². The third-order valence-corrected chi connectivity index (χ3v) is 8.25. The van der Waals surface area contributed by atoms with Gasteiger partial charge in [0.1, 0.15) is 19.3 Å². The minimum atomic E-state index is -1.09. The van der Waals surface area contributed by atoms with Crippen LogP contribution in [0.2, 0.25) is 0 Å². The molecule has 1 aliphatic heterocycles. The summed E-state index contributed by atoms with van der Waals surface area (Å²) in [5.41, 5.74) is 0.989. The normalized spacial score (nSPS) is 18.3. The van der Waals surface area contributed by atoms with Gasteiger partial charge in [-0.15, -0.1) is 0 Å². The highest BCUT2D eigenvalue weighted by atomic mass is 16.7. The molecule has 17 heteroatoms. The minimum Gasteiger partial charge on any atom is -0.493 e. The van der Waals surface area contributed by atoms with Gasteiger partial charge in [0.15, 0.2) is 65.2 Å². The zero-order valence-electron chi connectivity index (χ0n) is 33.2. The summed E-state index contributed by atoms with van der Waals surface area (Å²) in [6, 6.07) is 16.5. The van der Waals surface area contributed by atoms with Crippen LogP contribution in [-0.2, 0) is 52.4 Å². The van der Waals surface area contributed by atoms with E-state index in [0.717, 1.165) is 0 Å². The van der Waals surface area contributed by atoms with Crippen LogP contribution in [0.3, 0.4) is 0 Å². The van der Waals surface area contributed by atoms with Crippen LogP contribution in [0.1, 0.15) is 44.9 Å². The molecule has 0 aromatic heterocycles. The molecule has 58 heavy (non-hydrogen) atoms. The van der Waals surface area contributed by atoms with E-state index in [0.29, 0.717) is 22.6 Å². The van der Waals surface area contributed by atoms with Gasteiger partial charge >= 0.3 is 29.8 Å². The van der Waals surface area contributed by atoms with Crippen LogP contribution >= 0.6 is 0 Å². The van der Waals surface area contributed by atoms with Crippen molar-refractivity contribution in [3.8, 4) is 34.5 Å². The highest BCUT2D eigenvalue weighted by Gasteiger charge is 2.50. The van der Waals surface area contributed by atoms with Crippen molar-refractivity contribution < 1.29 is 80.8 Å². The molecule has 0 radical (unpaired) electrons. The molecule has 0 spiro atoms. The van der Waals surface area contributed by atoms with Crippen LogP contribution in [0.25, 0.3) is 6.08 Å². The number of hydrogen-bond donors (Lipinski definition) is 0. The summed E-state index contributed by atoms with van der Waals surface area (Å²) in [7, 11) is 5.65. The number of esters is 5. The summed E-state index contributed by atoms with van der Waals surface area (Å²) in [6.07, 6.45) is -3.62. The third-order valence-electron chi connectivity index (χ3n) is 8.25. The first kappa shape index (κ1) is 44.4. The van der Waals surface area contributed by atoms with Crippen LogP contribution in [0, 0.1) is 0 Å². The summed E-state index contributed by atoms with van der Waals surface area (Å²) in [6.45, 7) is 4.28.